The van der Waals surface area contributed by atoms with Crippen molar-refractivity contribution in [1.82, 2.24) is 14.8 Å². The first-order valence-corrected chi connectivity index (χ1v) is 7.30. The van der Waals surface area contributed by atoms with Gasteiger partial charge in [-0.15, -0.1) is 10.2 Å². The van der Waals surface area contributed by atoms with Crippen LogP contribution >= 0.6 is 11.8 Å². The van der Waals surface area contributed by atoms with Crippen LogP contribution in [0.1, 0.15) is 19.6 Å². The van der Waals surface area contributed by atoms with Crippen LogP contribution in [0, 0.1) is 12.8 Å². The number of aryl methyl sites for hydroxylation is 1. The van der Waals surface area contributed by atoms with Gasteiger partial charge in [0.25, 0.3) is 0 Å². The maximum absolute atomic E-state index is 10.7. The Bertz CT molecular complexity index is 604. The summed E-state index contributed by atoms with van der Waals surface area (Å²) in [6, 6.07) is 3.72. The Morgan fingerprint density at radius 2 is 2.20 bits per heavy atom. The van der Waals surface area contributed by atoms with Gasteiger partial charge in [0.05, 0.1) is 5.75 Å². The van der Waals surface area contributed by atoms with Gasteiger partial charge in [-0.25, -0.2) is 0 Å². The van der Waals surface area contributed by atoms with Crippen molar-refractivity contribution in [2.45, 2.75) is 32.5 Å². The molecule has 1 N–H and O–H groups in total. The highest BCUT2D eigenvalue weighted by molar-refractivity contribution is 7.99. The molecule has 0 radical (unpaired) electrons. The maximum atomic E-state index is 10.7. The van der Waals surface area contributed by atoms with Gasteiger partial charge < -0.3 is 9.52 Å². The summed E-state index contributed by atoms with van der Waals surface area (Å²) in [4.78, 5) is 10.7. The van der Waals surface area contributed by atoms with Crippen LogP contribution in [0.15, 0.2) is 21.7 Å². The Morgan fingerprint density at radius 1 is 1.45 bits per heavy atom. The molecule has 0 aliphatic heterocycles. The van der Waals surface area contributed by atoms with Crippen LogP contribution in [-0.4, -0.2) is 31.6 Å². The van der Waals surface area contributed by atoms with Gasteiger partial charge >= 0.3 is 5.97 Å². The zero-order valence-electron chi connectivity index (χ0n) is 11.7. The number of furan rings is 1. The third kappa shape index (κ3) is 3.41. The Balaban J connectivity index is 2.33. The van der Waals surface area contributed by atoms with Gasteiger partial charge in [-0.05, 0) is 25.0 Å². The quantitative estimate of drug-likeness (QED) is 0.825. The van der Waals surface area contributed by atoms with E-state index in [0.717, 1.165) is 5.76 Å². The average Bonchev–Trinajstić information content (AvgIpc) is 2.93. The lowest BCUT2D eigenvalue weighted by molar-refractivity contribution is -0.133. The van der Waals surface area contributed by atoms with Crippen molar-refractivity contribution in [1.29, 1.82) is 0 Å². The lowest BCUT2D eigenvalue weighted by Gasteiger charge is -2.10. The standard InChI is InChI=1S/C13H17N3O3S/c1-8(2)6-16-12(10-5-4-9(3)19-10)14-15-13(16)20-7-11(17)18/h4-5,8H,6-7H2,1-3H3,(H,17,18). The summed E-state index contributed by atoms with van der Waals surface area (Å²) in [6.45, 7) is 6.75. The van der Waals surface area contributed by atoms with Gasteiger partial charge in [0.15, 0.2) is 10.9 Å². The first-order valence-electron chi connectivity index (χ1n) is 6.32. The smallest absolute Gasteiger partial charge is 0.313 e. The first-order chi connectivity index (χ1) is 9.47. The van der Waals surface area contributed by atoms with Crippen LogP contribution in [0.25, 0.3) is 11.6 Å². The molecule has 0 saturated heterocycles. The van der Waals surface area contributed by atoms with Gasteiger partial charge in [0.2, 0.25) is 5.82 Å². The van der Waals surface area contributed by atoms with E-state index in [0.29, 0.717) is 29.2 Å². The summed E-state index contributed by atoms with van der Waals surface area (Å²) in [7, 11) is 0. The lowest BCUT2D eigenvalue weighted by atomic mass is 10.2. The van der Waals surface area contributed by atoms with Crippen molar-refractivity contribution >= 4 is 17.7 Å². The molecule has 0 unspecified atom stereocenters. The fourth-order valence-electron chi connectivity index (χ4n) is 1.79. The number of carbonyl (C=O) groups is 1. The highest BCUT2D eigenvalue weighted by Gasteiger charge is 2.18. The van der Waals surface area contributed by atoms with Crippen LogP contribution < -0.4 is 0 Å². The van der Waals surface area contributed by atoms with E-state index in [2.05, 4.69) is 24.0 Å². The minimum atomic E-state index is -0.871. The molecule has 6 nitrogen and oxygen atoms in total. The molecule has 2 aromatic heterocycles. The summed E-state index contributed by atoms with van der Waals surface area (Å²) < 4.78 is 7.50. The molecule has 2 rings (SSSR count). The van der Waals surface area contributed by atoms with Gasteiger partial charge in [-0.1, -0.05) is 25.6 Å². The van der Waals surface area contributed by atoms with E-state index in [4.69, 9.17) is 9.52 Å². The number of carboxylic acid groups (broad SMARTS) is 1. The van der Waals surface area contributed by atoms with Crippen molar-refractivity contribution in [3.8, 4) is 11.6 Å². The molecule has 20 heavy (non-hydrogen) atoms. The Kier molecular flexibility index (Phi) is 4.49. The van der Waals surface area contributed by atoms with E-state index >= 15 is 0 Å². The van der Waals surface area contributed by atoms with Crippen LogP contribution in [0.2, 0.25) is 0 Å². The summed E-state index contributed by atoms with van der Waals surface area (Å²) in [6.07, 6.45) is 0. The van der Waals surface area contributed by atoms with E-state index in [1.54, 1.807) is 0 Å². The molecule has 0 atom stereocenters. The second kappa shape index (κ2) is 6.13. The minimum absolute atomic E-state index is 0.0343. The number of aromatic nitrogens is 3. The highest BCUT2D eigenvalue weighted by Crippen LogP contribution is 2.26. The number of aliphatic carboxylic acids is 1. The lowest BCUT2D eigenvalue weighted by Crippen LogP contribution is -2.08. The van der Waals surface area contributed by atoms with E-state index in [1.807, 2.05) is 23.6 Å². The first kappa shape index (κ1) is 14.6. The predicted molar refractivity (Wildman–Crippen MR) is 75.7 cm³/mol. The molecule has 2 aromatic rings. The molecule has 0 aromatic carbocycles. The molecule has 7 heteroatoms. The van der Waals surface area contributed by atoms with Gasteiger partial charge in [-0.2, -0.15) is 0 Å². The molecule has 0 amide bonds. The summed E-state index contributed by atoms with van der Waals surface area (Å²) in [5.74, 6) is 1.58. The Labute approximate surface area is 121 Å². The number of carboxylic acids is 1. The fourth-order valence-corrected chi connectivity index (χ4v) is 2.46. The second-order valence-corrected chi connectivity index (χ2v) is 5.85. The number of thioether (sulfide) groups is 1. The molecule has 108 valence electrons. The van der Waals surface area contributed by atoms with E-state index < -0.39 is 5.97 Å². The van der Waals surface area contributed by atoms with Crippen molar-refractivity contribution in [3.05, 3.63) is 17.9 Å². The molecule has 0 saturated carbocycles. The monoisotopic (exact) mass is 295 g/mol. The number of rotatable bonds is 6. The zero-order chi connectivity index (χ0) is 14.7. The van der Waals surface area contributed by atoms with Gasteiger partial charge in [0, 0.05) is 6.54 Å². The van der Waals surface area contributed by atoms with Crippen molar-refractivity contribution in [2.75, 3.05) is 5.75 Å². The van der Waals surface area contributed by atoms with Crippen LogP contribution in [0.4, 0.5) is 0 Å². The maximum Gasteiger partial charge on any atom is 0.313 e. The van der Waals surface area contributed by atoms with E-state index in [9.17, 15) is 4.79 Å². The Morgan fingerprint density at radius 3 is 2.75 bits per heavy atom. The number of nitrogens with zero attached hydrogens (tertiary/aromatic N) is 3. The van der Waals surface area contributed by atoms with Crippen LogP contribution in [0.5, 0.6) is 0 Å². The van der Waals surface area contributed by atoms with Crippen molar-refractivity contribution in [2.24, 2.45) is 5.92 Å². The van der Waals surface area contributed by atoms with E-state index in [-0.39, 0.29) is 5.75 Å². The largest absolute Gasteiger partial charge is 0.481 e. The third-order valence-corrected chi connectivity index (χ3v) is 3.50. The summed E-state index contributed by atoms with van der Waals surface area (Å²) in [5, 5.41) is 17.6. The molecule has 0 spiro atoms. The highest BCUT2D eigenvalue weighted by atomic mass is 32.2. The topological polar surface area (TPSA) is 81.1 Å². The molecule has 0 bridgehead atoms. The van der Waals surface area contributed by atoms with E-state index in [1.165, 1.54) is 11.8 Å². The molecule has 0 aliphatic carbocycles. The molecular formula is C13H17N3O3S. The van der Waals surface area contributed by atoms with Gasteiger partial charge in [-0.3, -0.25) is 9.36 Å². The average molecular weight is 295 g/mol. The SMILES string of the molecule is Cc1ccc(-c2nnc(SCC(=O)O)n2CC(C)C)o1. The number of hydrogen-bond donors (Lipinski definition) is 1. The van der Waals surface area contributed by atoms with Gasteiger partial charge in [0.1, 0.15) is 5.76 Å². The second-order valence-electron chi connectivity index (χ2n) is 4.90. The summed E-state index contributed by atoms with van der Waals surface area (Å²) in [5.41, 5.74) is 0. The molecule has 0 aliphatic rings. The Hall–Kier alpha value is -1.76. The van der Waals surface area contributed by atoms with Crippen molar-refractivity contribution < 1.29 is 14.3 Å². The van der Waals surface area contributed by atoms with Crippen LogP contribution in [-0.2, 0) is 11.3 Å². The molecule has 2 heterocycles. The predicted octanol–water partition coefficient (Wildman–Crippen LogP) is 2.68. The normalized spacial score (nSPS) is 11.2. The minimum Gasteiger partial charge on any atom is -0.481 e. The molecule has 0 fully saturated rings. The zero-order valence-corrected chi connectivity index (χ0v) is 12.5. The molecular weight excluding hydrogens is 278 g/mol. The number of hydrogen-bond acceptors (Lipinski definition) is 5. The fraction of sp³-hybridized carbons (Fsp3) is 0.462. The van der Waals surface area contributed by atoms with Crippen LogP contribution in [0.3, 0.4) is 0 Å². The van der Waals surface area contributed by atoms with Crippen molar-refractivity contribution in [3.63, 3.8) is 0 Å². The third-order valence-electron chi connectivity index (χ3n) is 2.55. The summed E-state index contributed by atoms with van der Waals surface area (Å²) >= 11 is 1.17.